The van der Waals surface area contributed by atoms with E-state index in [1.54, 1.807) is 6.07 Å². The Morgan fingerprint density at radius 2 is 1.83 bits per heavy atom. The molecular weight excluding hydrogens is 360 g/mol. The minimum absolute atomic E-state index is 0.295. The van der Waals surface area contributed by atoms with Gasteiger partial charge in [-0.3, -0.25) is 0 Å². The Labute approximate surface area is 172 Å². The summed E-state index contributed by atoms with van der Waals surface area (Å²) in [6.07, 6.45) is 2.98. The number of benzene rings is 2. The normalized spacial score (nSPS) is 11.9. The Kier molecular flexibility index (Phi) is 5.33. The van der Waals surface area contributed by atoms with Gasteiger partial charge in [0.1, 0.15) is 11.6 Å². The molecule has 0 fully saturated rings. The molecule has 0 aliphatic rings. The number of phenols is 1. The number of hydrogen-bond donors (Lipinski definition) is 2. The number of aryl methyl sites for hydroxylation is 2. The minimum Gasteiger partial charge on any atom is -0.508 e. The molecule has 5 heteroatoms. The van der Waals surface area contributed by atoms with E-state index in [0.29, 0.717) is 5.75 Å². The maximum atomic E-state index is 10.0. The van der Waals surface area contributed by atoms with Crippen LogP contribution in [0, 0.1) is 6.92 Å². The van der Waals surface area contributed by atoms with Gasteiger partial charge in [-0.2, -0.15) is 0 Å². The number of anilines is 1. The predicted molar refractivity (Wildman–Crippen MR) is 123 cm³/mol. The number of pyridine rings is 1. The molecule has 5 nitrogen and oxygen atoms in total. The van der Waals surface area contributed by atoms with Crippen molar-refractivity contribution in [2.45, 2.75) is 27.2 Å². The molecule has 2 N–H and O–H groups in total. The Morgan fingerprint density at radius 1 is 1.03 bits per heavy atom. The lowest BCUT2D eigenvalue weighted by atomic mass is 10.0. The average Bonchev–Trinajstić information content (AvgIpc) is 3.00. The molecule has 0 saturated carbocycles. The number of nitrogens with zero attached hydrogens (tertiary/aromatic N) is 3. The number of phenolic OH excluding ortho intramolecular Hbond substituents is 1. The Hall–Kier alpha value is -2.79. The van der Waals surface area contributed by atoms with E-state index in [1.807, 2.05) is 18.3 Å². The molecule has 0 spiro atoms. The number of nitrogens with one attached hydrogen (secondary N) is 1. The van der Waals surface area contributed by atoms with Gasteiger partial charge in [0.15, 0.2) is 0 Å². The molecule has 0 saturated heterocycles. The van der Waals surface area contributed by atoms with Crippen LogP contribution in [-0.2, 0) is 7.05 Å². The standard InChI is InChI=1S/C24H30N4O/c1-5-28(6-2)13-7-11-25-24-21-15-20-19-14-17(29)8-9-22(19)27(4)23(20)16(3)18(21)10-12-26-24/h8-10,12,14-15,29H,5-7,11,13H2,1-4H3,(H,25,26). The summed E-state index contributed by atoms with van der Waals surface area (Å²) in [7, 11) is 2.09. The molecule has 4 rings (SSSR count). The Balaban J connectivity index is 1.76. The van der Waals surface area contributed by atoms with Crippen LogP contribution in [-0.4, -0.2) is 45.7 Å². The topological polar surface area (TPSA) is 53.3 Å². The first kappa shape index (κ1) is 19.5. The molecule has 0 radical (unpaired) electrons. The maximum Gasteiger partial charge on any atom is 0.133 e. The lowest BCUT2D eigenvalue weighted by Gasteiger charge is -2.18. The van der Waals surface area contributed by atoms with Crippen molar-refractivity contribution in [3.63, 3.8) is 0 Å². The molecule has 29 heavy (non-hydrogen) atoms. The summed E-state index contributed by atoms with van der Waals surface area (Å²) >= 11 is 0. The van der Waals surface area contributed by atoms with Crippen molar-refractivity contribution in [1.29, 1.82) is 0 Å². The molecule has 152 valence electrons. The predicted octanol–water partition coefficient (Wildman–Crippen LogP) is 5.04. The van der Waals surface area contributed by atoms with E-state index in [0.717, 1.165) is 60.1 Å². The zero-order valence-electron chi connectivity index (χ0n) is 17.8. The summed E-state index contributed by atoms with van der Waals surface area (Å²) in [6.45, 7) is 10.8. The Morgan fingerprint density at radius 3 is 2.59 bits per heavy atom. The molecule has 0 atom stereocenters. The average molecular weight is 391 g/mol. The van der Waals surface area contributed by atoms with Crippen LogP contribution in [0.15, 0.2) is 36.5 Å². The lowest BCUT2D eigenvalue weighted by molar-refractivity contribution is 0.303. The van der Waals surface area contributed by atoms with Gasteiger partial charge >= 0.3 is 0 Å². The summed E-state index contributed by atoms with van der Waals surface area (Å²) in [6, 6.07) is 9.91. The number of hydrogen-bond acceptors (Lipinski definition) is 4. The monoisotopic (exact) mass is 390 g/mol. The quantitative estimate of drug-likeness (QED) is 0.434. The van der Waals surface area contributed by atoms with E-state index in [9.17, 15) is 5.11 Å². The molecule has 0 aliphatic heterocycles. The van der Waals surface area contributed by atoms with Crippen LogP contribution in [0.5, 0.6) is 5.75 Å². The number of aromatic nitrogens is 2. The first-order valence-corrected chi connectivity index (χ1v) is 10.5. The highest BCUT2D eigenvalue weighted by molar-refractivity contribution is 6.16. The first-order chi connectivity index (χ1) is 14.0. The fourth-order valence-electron chi connectivity index (χ4n) is 4.47. The van der Waals surface area contributed by atoms with Gasteiger partial charge in [0.2, 0.25) is 0 Å². The van der Waals surface area contributed by atoms with E-state index in [2.05, 4.69) is 59.7 Å². The van der Waals surface area contributed by atoms with Crippen molar-refractivity contribution in [1.82, 2.24) is 14.5 Å². The van der Waals surface area contributed by atoms with Crippen LogP contribution in [0.3, 0.4) is 0 Å². The minimum atomic E-state index is 0.295. The molecular formula is C24H30N4O. The highest BCUT2D eigenvalue weighted by Gasteiger charge is 2.15. The lowest BCUT2D eigenvalue weighted by Crippen LogP contribution is -2.25. The number of fused-ring (bicyclic) bond motifs is 4. The Bertz CT molecular complexity index is 1170. The van der Waals surface area contributed by atoms with Crippen molar-refractivity contribution >= 4 is 38.4 Å². The molecule has 4 aromatic rings. The van der Waals surface area contributed by atoms with Gasteiger partial charge in [-0.25, -0.2) is 4.98 Å². The second kappa shape index (κ2) is 7.91. The zero-order chi connectivity index (χ0) is 20.5. The summed E-state index contributed by atoms with van der Waals surface area (Å²) in [5.41, 5.74) is 3.57. The van der Waals surface area contributed by atoms with Crippen molar-refractivity contribution < 1.29 is 5.11 Å². The molecule has 2 aromatic heterocycles. The van der Waals surface area contributed by atoms with Crippen LogP contribution in [0.25, 0.3) is 32.6 Å². The maximum absolute atomic E-state index is 10.0. The van der Waals surface area contributed by atoms with E-state index >= 15 is 0 Å². The van der Waals surface area contributed by atoms with Crippen LogP contribution < -0.4 is 5.32 Å². The van der Waals surface area contributed by atoms with Crippen LogP contribution >= 0.6 is 0 Å². The fourth-order valence-corrected chi connectivity index (χ4v) is 4.47. The molecule has 0 amide bonds. The van der Waals surface area contributed by atoms with Crippen LogP contribution in [0.1, 0.15) is 25.8 Å². The summed E-state index contributed by atoms with van der Waals surface area (Å²) in [4.78, 5) is 7.07. The van der Waals surface area contributed by atoms with Crippen LogP contribution in [0.2, 0.25) is 0 Å². The van der Waals surface area contributed by atoms with Gasteiger partial charge in [0, 0.05) is 41.5 Å². The van der Waals surface area contributed by atoms with Crippen molar-refractivity contribution in [3.05, 3.63) is 42.1 Å². The number of aromatic hydroxyl groups is 1. The molecule has 0 aliphatic carbocycles. The van der Waals surface area contributed by atoms with Gasteiger partial charge in [0.25, 0.3) is 0 Å². The fraction of sp³-hybridized carbons (Fsp3) is 0.375. The van der Waals surface area contributed by atoms with E-state index in [4.69, 9.17) is 0 Å². The van der Waals surface area contributed by atoms with Crippen molar-refractivity contribution in [2.24, 2.45) is 7.05 Å². The van der Waals surface area contributed by atoms with Crippen LogP contribution in [0.4, 0.5) is 5.82 Å². The molecule has 0 bridgehead atoms. The first-order valence-electron chi connectivity index (χ1n) is 10.5. The second-order valence-corrected chi connectivity index (χ2v) is 7.72. The van der Waals surface area contributed by atoms with Gasteiger partial charge in [-0.15, -0.1) is 0 Å². The van der Waals surface area contributed by atoms with Crippen molar-refractivity contribution in [2.75, 3.05) is 31.5 Å². The number of rotatable bonds is 7. The highest BCUT2D eigenvalue weighted by Crippen LogP contribution is 2.37. The largest absolute Gasteiger partial charge is 0.508 e. The van der Waals surface area contributed by atoms with Gasteiger partial charge in [-0.05, 0) is 74.3 Å². The third kappa shape index (κ3) is 3.40. The smallest absolute Gasteiger partial charge is 0.133 e. The molecule has 2 aromatic carbocycles. The third-order valence-corrected chi connectivity index (χ3v) is 6.10. The second-order valence-electron chi connectivity index (χ2n) is 7.72. The van der Waals surface area contributed by atoms with Crippen molar-refractivity contribution in [3.8, 4) is 5.75 Å². The van der Waals surface area contributed by atoms with Gasteiger partial charge < -0.3 is 19.9 Å². The van der Waals surface area contributed by atoms with E-state index < -0.39 is 0 Å². The molecule has 0 unspecified atom stereocenters. The SMILES string of the molecule is CCN(CC)CCCNc1nccc2c(C)c3c(cc12)c1cc(O)ccc1n3C. The third-order valence-electron chi connectivity index (χ3n) is 6.10. The highest BCUT2D eigenvalue weighted by atomic mass is 16.3. The summed E-state index contributed by atoms with van der Waals surface area (Å²) in [5, 5.41) is 18.2. The van der Waals surface area contributed by atoms with E-state index in [1.165, 1.54) is 16.5 Å². The summed E-state index contributed by atoms with van der Waals surface area (Å²) < 4.78 is 2.22. The van der Waals surface area contributed by atoms with E-state index in [-0.39, 0.29) is 0 Å². The summed E-state index contributed by atoms with van der Waals surface area (Å²) in [5.74, 6) is 1.23. The van der Waals surface area contributed by atoms with Gasteiger partial charge in [0.05, 0.1) is 5.52 Å². The molecule has 2 heterocycles. The van der Waals surface area contributed by atoms with Gasteiger partial charge in [-0.1, -0.05) is 13.8 Å². The zero-order valence-corrected chi connectivity index (χ0v) is 17.8.